The molecule has 0 heterocycles. The quantitative estimate of drug-likeness (QED) is 0.575. The standard InChI is InChI=1S/C23H24N2O4S/c1-3-16-29-21-11-7-8-18(17-21)23(26)24-19-12-14-22(15-13-19)30(27,28)25(2)20-9-5-4-6-10-20/h4-15,17H,3,16H2,1-2H3,(H,24,26). The van der Waals surface area contributed by atoms with Gasteiger partial charge in [-0.05, 0) is 61.0 Å². The molecule has 0 aliphatic rings. The number of anilines is 2. The maximum absolute atomic E-state index is 12.8. The number of benzene rings is 3. The molecular formula is C23H24N2O4S. The van der Waals surface area contributed by atoms with E-state index in [-0.39, 0.29) is 10.8 Å². The van der Waals surface area contributed by atoms with E-state index < -0.39 is 10.0 Å². The molecule has 0 unspecified atom stereocenters. The number of hydrogen-bond acceptors (Lipinski definition) is 4. The molecule has 0 aliphatic carbocycles. The number of hydrogen-bond donors (Lipinski definition) is 1. The van der Waals surface area contributed by atoms with Gasteiger partial charge in [0.05, 0.1) is 17.2 Å². The van der Waals surface area contributed by atoms with E-state index in [0.29, 0.717) is 29.3 Å². The molecule has 7 heteroatoms. The molecule has 30 heavy (non-hydrogen) atoms. The molecule has 0 bridgehead atoms. The molecule has 3 aromatic rings. The van der Waals surface area contributed by atoms with E-state index in [1.54, 1.807) is 60.7 Å². The smallest absolute Gasteiger partial charge is 0.264 e. The van der Waals surface area contributed by atoms with Gasteiger partial charge >= 0.3 is 0 Å². The molecule has 0 aliphatic heterocycles. The normalized spacial score (nSPS) is 11.0. The second-order valence-corrected chi connectivity index (χ2v) is 8.63. The van der Waals surface area contributed by atoms with Gasteiger partial charge in [0.15, 0.2) is 0 Å². The van der Waals surface area contributed by atoms with Gasteiger partial charge in [-0.1, -0.05) is 31.2 Å². The molecule has 0 spiro atoms. The first-order chi connectivity index (χ1) is 14.4. The summed E-state index contributed by atoms with van der Waals surface area (Å²) in [5.41, 5.74) is 1.53. The Bertz CT molecular complexity index is 1100. The topological polar surface area (TPSA) is 75.7 Å². The van der Waals surface area contributed by atoms with Crippen molar-refractivity contribution in [1.29, 1.82) is 0 Å². The molecule has 0 atom stereocenters. The Labute approximate surface area is 177 Å². The first-order valence-electron chi connectivity index (χ1n) is 9.60. The zero-order valence-electron chi connectivity index (χ0n) is 16.9. The van der Waals surface area contributed by atoms with Gasteiger partial charge < -0.3 is 10.1 Å². The third-order valence-electron chi connectivity index (χ3n) is 4.46. The summed E-state index contributed by atoms with van der Waals surface area (Å²) in [6.45, 7) is 2.59. The van der Waals surface area contributed by atoms with E-state index in [2.05, 4.69) is 5.32 Å². The van der Waals surface area contributed by atoms with Crippen LogP contribution in [0.4, 0.5) is 11.4 Å². The first-order valence-corrected chi connectivity index (χ1v) is 11.0. The van der Waals surface area contributed by atoms with E-state index in [1.165, 1.54) is 23.5 Å². The van der Waals surface area contributed by atoms with Gasteiger partial charge in [-0.3, -0.25) is 9.10 Å². The Morgan fingerprint density at radius 3 is 2.33 bits per heavy atom. The van der Waals surface area contributed by atoms with Gasteiger partial charge in [-0.15, -0.1) is 0 Å². The highest BCUT2D eigenvalue weighted by Gasteiger charge is 2.21. The largest absolute Gasteiger partial charge is 0.494 e. The molecule has 3 aromatic carbocycles. The highest BCUT2D eigenvalue weighted by molar-refractivity contribution is 7.92. The lowest BCUT2D eigenvalue weighted by molar-refractivity contribution is 0.102. The Hall–Kier alpha value is -3.32. The SMILES string of the molecule is CCCOc1cccc(C(=O)Nc2ccc(S(=O)(=O)N(C)c3ccccc3)cc2)c1. The Balaban J connectivity index is 1.72. The van der Waals surface area contributed by atoms with E-state index in [4.69, 9.17) is 4.74 Å². The van der Waals surface area contributed by atoms with Gasteiger partial charge in [0, 0.05) is 18.3 Å². The van der Waals surface area contributed by atoms with Crippen molar-refractivity contribution in [1.82, 2.24) is 0 Å². The van der Waals surface area contributed by atoms with E-state index in [1.807, 2.05) is 13.0 Å². The van der Waals surface area contributed by atoms with Gasteiger partial charge in [-0.2, -0.15) is 0 Å². The molecule has 0 fully saturated rings. The number of para-hydroxylation sites is 1. The second-order valence-electron chi connectivity index (χ2n) is 6.66. The zero-order chi connectivity index (χ0) is 21.6. The minimum atomic E-state index is -3.70. The van der Waals surface area contributed by atoms with E-state index >= 15 is 0 Å². The molecule has 0 aromatic heterocycles. The fraction of sp³-hybridized carbons (Fsp3) is 0.174. The molecule has 1 amide bonds. The molecule has 156 valence electrons. The predicted molar refractivity (Wildman–Crippen MR) is 119 cm³/mol. The van der Waals surface area contributed by atoms with Crippen LogP contribution in [0.1, 0.15) is 23.7 Å². The van der Waals surface area contributed by atoms with E-state index in [9.17, 15) is 13.2 Å². The van der Waals surface area contributed by atoms with Crippen LogP contribution in [0.2, 0.25) is 0 Å². The van der Waals surface area contributed by atoms with Crippen LogP contribution in [0.25, 0.3) is 0 Å². The summed E-state index contributed by atoms with van der Waals surface area (Å²) < 4.78 is 32.5. The van der Waals surface area contributed by atoms with Crippen molar-refractivity contribution in [2.75, 3.05) is 23.3 Å². The minimum Gasteiger partial charge on any atom is -0.494 e. The average Bonchev–Trinajstić information content (AvgIpc) is 2.78. The van der Waals surface area contributed by atoms with E-state index in [0.717, 1.165) is 6.42 Å². The first kappa shape index (κ1) is 21.4. The monoisotopic (exact) mass is 424 g/mol. The molecule has 1 N–H and O–H groups in total. The molecule has 0 radical (unpaired) electrons. The summed E-state index contributed by atoms with van der Waals surface area (Å²) in [6.07, 6.45) is 0.880. The van der Waals surface area contributed by atoms with Gasteiger partial charge in [-0.25, -0.2) is 8.42 Å². The second kappa shape index (κ2) is 9.45. The van der Waals surface area contributed by atoms with Crippen LogP contribution in [-0.2, 0) is 10.0 Å². The summed E-state index contributed by atoms with van der Waals surface area (Å²) in [6, 6.07) is 21.9. The maximum Gasteiger partial charge on any atom is 0.264 e. The lowest BCUT2D eigenvalue weighted by Crippen LogP contribution is -2.26. The van der Waals surface area contributed by atoms with Crippen LogP contribution in [0.5, 0.6) is 5.75 Å². The molecule has 0 saturated heterocycles. The number of carbonyl (C=O) groups is 1. The van der Waals surface area contributed by atoms with Crippen molar-refractivity contribution < 1.29 is 17.9 Å². The molecule has 3 rings (SSSR count). The fourth-order valence-corrected chi connectivity index (χ4v) is 3.99. The minimum absolute atomic E-state index is 0.141. The number of sulfonamides is 1. The number of nitrogens with zero attached hydrogens (tertiary/aromatic N) is 1. The molecule has 0 saturated carbocycles. The third-order valence-corrected chi connectivity index (χ3v) is 6.26. The van der Waals surface area contributed by atoms with Crippen LogP contribution >= 0.6 is 0 Å². The van der Waals surface area contributed by atoms with Crippen LogP contribution < -0.4 is 14.4 Å². The average molecular weight is 425 g/mol. The fourth-order valence-electron chi connectivity index (χ4n) is 2.80. The number of rotatable bonds is 8. The highest BCUT2D eigenvalue weighted by atomic mass is 32.2. The number of carbonyl (C=O) groups excluding carboxylic acids is 1. The summed E-state index contributed by atoms with van der Waals surface area (Å²) >= 11 is 0. The Morgan fingerprint density at radius 1 is 0.967 bits per heavy atom. The number of ether oxygens (including phenoxy) is 1. The Morgan fingerprint density at radius 2 is 1.67 bits per heavy atom. The van der Waals surface area contributed by atoms with Crippen LogP contribution in [0.15, 0.2) is 83.8 Å². The number of amides is 1. The maximum atomic E-state index is 12.8. The summed E-state index contributed by atoms with van der Waals surface area (Å²) in [4.78, 5) is 12.7. The van der Waals surface area contributed by atoms with Gasteiger partial charge in [0.25, 0.3) is 15.9 Å². The van der Waals surface area contributed by atoms with Crippen molar-refractivity contribution in [2.45, 2.75) is 18.2 Å². The van der Waals surface area contributed by atoms with Crippen molar-refractivity contribution in [3.05, 3.63) is 84.4 Å². The lowest BCUT2D eigenvalue weighted by Gasteiger charge is -2.19. The van der Waals surface area contributed by atoms with Crippen molar-refractivity contribution >= 4 is 27.3 Å². The van der Waals surface area contributed by atoms with Crippen LogP contribution in [0, 0.1) is 0 Å². The predicted octanol–water partition coefficient (Wildman–Crippen LogP) is 4.55. The summed E-state index contributed by atoms with van der Waals surface area (Å²) in [5.74, 6) is 0.337. The summed E-state index contributed by atoms with van der Waals surface area (Å²) in [7, 11) is -2.19. The molecule has 6 nitrogen and oxygen atoms in total. The highest BCUT2D eigenvalue weighted by Crippen LogP contribution is 2.23. The third kappa shape index (κ3) is 4.99. The van der Waals surface area contributed by atoms with Crippen LogP contribution in [-0.4, -0.2) is 28.0 Å². The number of nitrogens with one attached hydrogen (secondary N) is 1. The lowest BCUT2D eigenvalue weighted by atomic mass is 10.2. The van der Waals surface area contributed by atoms with Gasteiger partial charge in [0.1, 0.15) is 5.75 Å². The summed E-state index contributed by atoms with van der Waals surface area (Å²) in [5, 5.41) is 2.78. The van der Waals surface area contributed by atoms with Gasteiger partial charge in [0.2, 0.25) is 0 Å². The van der Waals surface area contributed by atoms with Crippen molar-refractivity contribution in [2.24, 2.45) is 0 Å². The Kier molecular flexibility index (Phi) is 6.74. The zero-order valence-corrected chi connectivity index (χ0v) is 17.7. The van der Waals surface area contributed by atoms with Crippen molar-refractivity contribution in [3.8, 4) is 5.75 Å². The molecular weight excluding hydrogens is 400 g/mol. The van der Waals surface area contributed by atoms with Crippen LogP contribution in [0.3, 0.4) is 0 Å². The van der Waals surface area contributed by atoms with Crippen molar-refractivity contribution in [3.63, 3.8) is 0 Å².